The first-order chi connectivity index (χ1) is 15.9. The van der Waals surface area contributed by atoms with E-state index in [2.05, 4.69) is 22.4 Å². The number of ketones is 1. The fourth-order valence-corrected chi connectivity index (χ4v) is 6.89. The molecule has 0 saturated heterocycles. The molecule has 174 valence electrons. The molecule has 0 bridgehead atoms. The van der Waals surface area contributed by atoms with E-state index in [-0.39, 0.29) is 29.0 Å². The van der Waals surface area contributed by atoms with Gasteiger partial charge >= 0.3 is 0 Å². The summed E-state index contributed by atoms with van der Waals surface area (Å²) in [6.07, 6.45) is 5.27. The van der Waals surface area contributed by atoms with Crippen LogP contribution in [0.4, 0.5) is 10.2 Å². The number of ether oxygens (including phenoxy) is 1. The van der Waals surface area contributed by atoms with E-state index in [0.29, 0.717) is 48.6 Å². The molecule has 5 rings (SSSR count). The molecule has 3 aliphatic carbocycles. The number of anilines is 1. The van der Waals surface area contributed by atoms with Crippen molar-refractivity contribution in [2.75, 3.05) is 12.4 Å². The van der Waals surface area contributed by atoms with Gasteiger partial charge in [0.05, 0.1) is 7.11 Å². The number of carbonyl (C=O) groups is 2. The van der Waals surface area contributed by atoms with Crippen molar-refractivity contribution in [1.29, 1.82) is 0 Å². The Labute approximate surface area is 193 Å². The van der Waals surface area contributed by atoms with Gasteiger partial charge in [-0.2, -0.15) is 0 Å². The van der Waals surface area contributed by atoms with E-state index in [0.717, 1.165) is 31.2 Å². The number of hydrogen-bond donors (Lipinski definition) is 1. The van der Waals surface area contributed by atoms with E-state index < -0.39 is 0 Å². The van der Waals surface area contributed by atoms with Crippen LogP contribution in [0.2, 0.25) is 0 Å². The van der Waals surface area contributed by atoms with Gasteiger partial charge in [0, 0.05) is 24.3 Å². The number of aryl methyl sites for hydroxylation is 1. The zero-order chi connectivity index (χ0) is 23.2. The van der Waals surface area contributed by atoms with E-state index in [1.54, 1.807) is 24.3 Å². The molecule has 3 aliphatic rings. The van der Waals surface area contributed by atoms with Gasteiger partial charge in [-0.05, 0) is 85.1 Å². The number of rotatable bonds is 5. The molecular weight excluding hydrogens is 421 g/mol. The van der Waals surface area contributed by atoms with E-state index in [4.69, 9.17) is 4.74 Å². The molecule has 1 N–H and O–H groups in total. The van der Waals surface area contributed by atoms with Crippen LogP contribution in [0.5, 0.6) is 5.88 Å². The monoisotopic (exact) mass is 451 g/mol. The maximum atomic E-state index is 13.8. The second kappa shape index (κ2) is 8.50. The van der Waals surface area contributed by atoms with Crippen molar-refractivity contribution in [3.63, 3.8) is 0 Å². The molecule has 2 fully saturated rings. The lowest BCUT2D eigenvalue weighted by atomic mass is 9.54. The van der Waals surface area contributed by atoms with Gasteiger partial charge in [0.15, 0.2) is 5.82 Å². The second-order valence-electron chi connectivity index (χ2n) is 10.1. The van der Waals surface area contributed by atoms with Crippen molar-refractivity contribution in [2.24, 2.45) is 23.2 Å². The van der Waals surface area contributed by atoms with Gasteiger partial charge in [-0.15, -0.1) is 10.2 Å². The first-order valence-electron chi connectivity index (χ1n) is 11.9. The van der Waals surface area contributed by atoms with Gasteiger partial charge in [0.2, 0.25) is 11.8 Å². The molecule has 0 spiro atoms. The number of methoxy groups -OCH3 is 1. The zero-order valence-corrected chi connectivity index (χ0v) is 19.1. The van der Waals surface area contributed by atoms with Crippen molar-refractivity contribution < 1.29 is 18.7 Å². The SMILES string of the molecule is COc1ccc(NC(=O)CC[C@@H]2CC(=O)[C@@]3(C)CCC4c5ccc(F)cc5CCC4C23)nn1. The predicted molar refractivity (Wildman–Crippen MR) is 121 cm³/mol. The number of aromatic nitrogens is 2. The predicted octanol–water partition coefficient (Wildman–Crippen LogP) is 4.69. The van der Waals surface area contributed by atoms with Crippen LogP contribution in [0.25, 0.3) is 0 Å². The zero-order valence-electron chi connectivity index (χ0n) is 19.1. The lowest BCUT2D eigenvalue weighted by molar-refractivity contribution is -0.129. The molecule has 1 heterocycles. The average molecular weight is 452 g/mol. The molecule has 6 nitrogen and oxygen atoms in total. The van der Waals surface area contributed by atoms with E-state index >= 15 is 0 Å². The van der Waals surface area contributed by atoms with Crippen molar-refractivity contribution in [1.82, 2.24) is 10.2 Å². The molecular formula is C26H30FN3O3. The van der Waals surface area contributed by atoms with Gasteiger partial charge in [0.1, 0.15) is 11.6 Å². The Morgan fingerprint density at radius 3 is 2.85 bits per heavy atom. The van der Waals surface area contributed by atoms with Gasteiger partial charge in [-0.3, -0.25) is 9.59 Å². The molecule has 2 saturated carbocycles. The third-order valence-electron chi connectivity index (χ3n) is 8.39. The highest BCUT2D eigenvalue weighted by molar-refractivity contribution is 5.90. The van der Waals surface area contributed by atoms with Gasteiger partial charge in [-0.25, -0.2) is 4.39 Å². The normalized spacial score (nSPS) is 30.2. The average Bonchev–Trinajstić information content (AvgIpc) is 3.07. The number of carbonyl (C=O) groups excluding carboxylic acids is 2. The van der Waals surface area contributed by atoms with Crippen LogP contribution < -0.4 is 10.1 Å². The maximum absolute atomic E-state index is 13.8. The number of nitrogens with zero attached hydrogens (tertiary/aromatic N) is 2. The van der Waals surface area contributed by atoms with E-state index in [1.165, 1.54) is 12.7 Å². The molecule has 5 atom stereocenters. The van der Waals surface area contributed by atoms with Crippen LogP contribution in [0.1, 0.15) is 62.5 Å². The standard InChI is InChI=1S/C26H30FN3O3/c1-26-12-11-19-18-7-5-17(27)13-15(18)3-6-20(19)25(26)16(14-21(26)31)4-9-23(32)28-22-8-10-24(33-2)30-29-22/h5,7-8,10,13,16,19-20,25H,3-4,6,9,11-12,14H2,1-2H3,(H,28,29,32)/t16-,19?,20?,25?,26-/m1/s1. The van der Waals surface area contributed by atoms with Crippen LogP contribution in [0.15, 0.2) is 30.3 Å². The summed E-state index contributed by atoms with van der Waals surface area (Å²) in [5.41, 5.74) is 2.09. The van der Waals surface area contributed by atoms with Crippen LogP contribution in [-0.2, 0) is 16.0 Å². The summed E-state index contributed by atoms with van der Waals surface area (Å²) in [5.74, 6) is 2.10. The van der Waals surface area contributed by atoms with Crippen molar-refractivity contribution in [2.45, 2.75) is 57.8 Å². The summed E-state index contributed by atoms with van der Waals surface area (Å²) >= 11 is 0. The fourth-order valence-electron chi connectivity index (χ4n) is 6.89. The minimum absolute atomic E-state index is 0.118. The third kappa shape index (κ3) is 3.91. The topological polar surface area (TPSA) is 81.2 Å². The summed E-state index contributed by atoms with van der Waals surface area (Å²) in [4.78, 5) is 25.7. The number of Topliss-reactive ketones (excluding diaryl/α,β-unsaturated/α-hetero) is 1. The first-order valence-corrected chi connectivity index (χ1v) is 11.9. The van der Waals surface area contributed by atoms with Gasteiger partial charge < -0.3 is 10.1 Å². The summed E-state index contributed by atoms with van der Waals surface area (Å²) in [6, 6.07) is 8.52. The number of fused-ring (bicyclic) bond motifs is 5. The van der Waals surface area contributed by atoms with Crippen molar-refractivity contribution >= 4 is 17.5 Å². The summed E-state index contributed by atoms with van der Waals surface area (Å²) in [5, 5.41) is 10.6. The van der Waals surface area contributed by atoms with Crippen LogP contribution in [-0.4, -0.2) is 29.0 Å². The largest absolute Gasteiger partial charge is 0.480 e. The minimum atomic E-state index is -0.304. The minimum Gasteiger partial charge on any atom is -0.480 e. The molecule has 1 amide bonds. The molecule has 3 unspecified atom stereocenters. The highest BCUT2D eigenvalue weighted by atomic mass is 19.1. The second-order valence-corrected chi connectivity index (χ2v) is 10.1. The van der Waals surface area contributed by atoms with Gasteiger partial charge in [-0.1, -0.05) is 13.0 Å². The molecule has 0 radical (unpaired) electrons. The fraction of sp³-hybridized carbons (Fsp3) is 0.538. The highest BCUT2D eigenvalue weighted by Crippen LogP contribution is 2.62. The Hall–Kier alpha value is -2.83. The molecule has 2 aromatic rings. The molecule has 33 heavy (non-hydrogen) atoms. The van der Waals surface area contributed by atoms with Crippen molar-refractivity contribution in [3.8, 4) is 5.88 Å². The van der Waals surface area contributed by atoms with E-state index in [9.17, 15) is 14.0 Å². The first kappa shape index (κ1) is 22.0. The lowest BCUT2D eigenvalue weighted by Crippen LogP contribution is -2.44. The molecule has 0 aliphatic heterocycles. The number of halogens is 1. The summed E-state index contributed by atoms with van der Waals surface area (Å²) in [7, 11) is 1.51. The quantitative estimate of drug-likeness (QED) is 0.713. The third-order valence-corrected chi connectivity index (χ3v) is 8.39. The summed E-state index contributed by atoms with van der Waals surface area (Å²) in [6.45, 7) is 2.14. The molecule has 1 aromatic heterocycles. The number of amides is 1. The number of hydrogen-bond acceptors (Lipinski definition) is 5. The Morgan fingerprint density at radius 2 is 2.09 bits per heavy atom. The number of nitrogens with one attached hydrogen (secondary N) is 1. The maximum Gasteiger partial charge on any atom is 0.233 e. The Bertz CT molecular complexity index is 1070. The Kier molecular flexibility index (Phi) is 5.67. The van der Waals surface area contributed by atoms with Crippen LogP contribution in [0.3, 0.4) is 0 Å². The Balaban J connectivity index is 1.30. The van der Waals surface area contributed by atoms with Crippen LogP contribution >= 0.6 is 0 Å². The summed E-state index contributed by atoms with van der Waals surface area (Å²) < 4.78 is 18.8. The Morgan fingerprint density at radius 1 is 1.24 bits per heavy atom. The van der Waals surface area contributed by atoms with Crippen molar-refractivity contribution in [3.05, 3.63) is 47.3 Å². The molecule has 1 aromatic carbocycles. The van der Waals surface area contributed by atoms with Crippen LogP contribution in [0, 0.1) is 29.0 Å². The van der Waals surface area contributed by atoms with Gasteiger partial charge in [0.25, 0.3) is 0 Å². The molecule has 7 heteroatoms. The smallest absolute Gasteiger partial charge is 0.233 e. The number of benzene rings is 1. The van der Waals surface area contributed by atoms with E-state index in [1.807, 2.05) is 6.07 Å². The highest BCUT2D eigenvalue weighted by Gasteiger charge is 2.58. The lowest BCUT2D eigenvalue weighted by Gasteiger charge is -2.50.